The van der Waals surface area contributed by atoms with Crippen molar-refractivity contribution in [1.82, 2.24) is 5.32 Å². The van der Waals surface area contributed by atoms with Crippen LogP contribution in [0, 0.1) is 0 Å². The number of carbonyl (C=O) groups excluding carboxylic acids is 4. The summed E-state index contributed by atoms with van der Waals surface area (Å²) < 4.78 is 16.5. The summed E-state index contributed by atoms with van der Waals surface area (Å²) in [6, 6.07) is 28.6. The summed E-state index contributed by atoms with van der Waals surface area (Å²) >= 11 is 0. The number of benzene rings is 4. The van der Waals surface area contributed by atoms with E-state index in [4.69, 9.17) is 14.2 Å². The van der Waals surface area contributed by atoms with E-state index in [1.54, 1.807) is 79.9 Å². The molecule has 0 spiro atoms. The lowest BCUT2D eigenvalue weighted by Crippen LogP contribution is -2.54. The summed E-state index contributed by atoms with van der Waals surface area (Å²) in [6.07, 6.45) is 1.36. The van der Waals surface area contributed by atoms with E-state index in [-0.39, 0.29) is 23.8 Å². The summed E-state index contributed by atoms with van der Waals surface area (Å²) in [5.74, 6) is -0.405. The molecule has 5 amide bonds. The zero-order valence-corrected chi connectivity index (χ0v) is 23.1. The number of urea groups is 1. The van der Waals surface area contributed by atoms with Gasteiger partial charge in [0.15, 0.2) is 6.61 Å². The van der Waals surface area contributed by atoms with Crippen LogP contribution < -0.4 is 29.7 Å². The summed E-state index contributed by atoms with van der Waals surface area (Å²) in [7, 11) is 1.56. The van der Waals surface area contributed by atoms with E-state index in [0.29, 0.717) is 35.1 Å². The van der Waals surface area contributed by atoms with Gasteiger partial charge in [0.25, 0.3) is 17.7 Å². The molecule has 1 heterocycles. The predicted octanol–water partition coefficient (Wildman–Crippen LogP) is 4.96. The third-order valence-electron chi connectivity index (χ3n) is 6.36. The molecule has 0 radical (unpaired) electrons. The Morgan fingerprint density at radius 1 is 0.814 bits per heavy atom. The molecule has 0 saturated carbocycles. The van der Waals surface area contributed by atoms with Gasteiger partial charge in [-0.3, -0.25) is 19.7 Å². The molecule has 1 saturated heterocycles. The molecule has 0 aromatic heterocycles. The topological polar surface area (TPSA) is 123 Å². The van der Waals surface area contributed by atoms with E-state index < -0.39 is 17.8 Å². The first-order chi connectivity index (χ1) is 20.9. The fraction of sp³-hybridized carbons (Fsp3) is 0.0909. The van der Waals surface area contributed by atoms with Gasteiger partial charge in [-0.25, -0.2) is 9.69 Å². The fourth-order valence-electron chi connectivity index (χ4n) is 4.21. The highest BCUT2D eigenvalue weighted by atomic mass is 16.5. The normalized spacial score (nSPS) is 13.8. The van der Waals surface area contributed by atoms with Crippen molar-refractivity contribution in [2.75, 3.05) is 23.9 Å². The van der Waals surface area contributed by atoms with Crippen molar-refractivity contribution >= 4 is 41.2 Å². The molecule has 216 valence electrons. The minimum atomic E-state index is -0.856. The van der Waals surface area contributed by atoms with Gasteiger partial charge in [-0.2, -0.15) is 0 Å². The molecule has 0 bridgehead atoms. The molecule has 0 atom stereocenters. The molecule has 4 aromatic rings. The zero-order chi connectivity index (χ0) is 30.2. The Morgan fingerprint density at radius 2 is 1.53 bits per heavy atom. The number of ether oxygens (including phenoxy) is 3. The van der Waals surface area contributed by atoms with Crippen LogP contribution in [0.2, 0.25) is 0 Å². The Kier molecular flexibility index (Phi) is 8.77. The molecule has 10 heteroatoms. The lowest BCUT2D eigenvalue weighted by molar-refractivity contribution is -0.122. The maximum Gasteiger partial charge on any atom is 0.335 e. The van der Waals surface area contributed by atoms with Crippen LogP contribution in [-0.2, 0) is 21.0 Å². The first-order valence-electron chi connectivity index (χ1n) is 13.2. The highest BCUT2D eigenvalue weighted by Crippen LogP contribution is 2.25. The van der Waals surface area contributed by atoms with E-state index in [2.05, 4.69) is 10.6 Å². The smallest absolute Gasteiger partial charge is 0.335 e. The predicted molar refractivity (Wildman–Crippen MR) is 160 cm³/mol. The molecule has 0 unspecified atom stereocenters. The number of nitrogens with zero attached hydrogens (tertiary/aromatic N) is 1. The second-order valence-corrected chi connectivity index (χ2v) is 9.36. The highest BCUT2D eigenvalue weighted by Gasteiger charge is 2.36. The van der Waals surface area contributed by atoms with Crippen LogP contribution in [0.15, 0.2) is 109 Å². The number of carbonyl (C=O) groups is 4. The average molecular weight is 578 g/mol. The Balaban J connectivity index is 1.24. The number of anilines is 2. The molecule has 2 N–H and O–H groups in total. The Morgan fingerprint density at radius 3 is 2.26 bits per heavy atom. The van der Waals surface area contributed by atoms with Crippen molar-refractivity contribution in [2.45, 2.75) is 6.61 Å². The third kappa shape index (κ3) is 7.25. The number of amides is 5. The van der Waals surface area contributed by atoms with Gasteiger partial charge in [-0.05, 0) is 77.9 Å². The van der Waals surface area contributed by atoms with Gasteiger partial charge in [0.2, 0.25) is 0 Å². The van der Waals surface area contributed by atoms with E-state index in [9.17, 15) is 19.2 Å². The van der Waals surface area contributed by atoms with Crippen molar-refractivity contribution < 1.29 is 33.4 Å². The van der Waals surface area contributed by atoms with Gasteiger partial charge in [0, 0.05) is 5.69 Å². The standard InChI is InChI=1S/C33H27N3O7/c1-41-26-14-10-24(11-15-26)34-30(37)21-43-28-9-5-8-23(18-28)19-29-31(38)35-33(40)36(32(29)39)25-12-16-27(17-13-25)42-20-22-6-3-2-4-7-22/h2-19H,20-21H2,1H3,(H,34,37)(H,35,38,40)/b29-19-. The van der Waals surface area contributed by atoms with Crippen LogP contribution >= 0.6 is 0 Å². The minimum Gasteiger partial charge on any atom is -0.497 e. The number of nitrogens with one attached hydrogen (secondary N) is 2. The average Bonchev–Trinajstić information content (AvgIpc) is 3.03. The molecule has 43 heavy (non-hydrogen) atoms. The molecular formula is C33H27N3O7. The monoisotopic (exact) mass is 577 g/mol. The van der Waals surface area contributed by atoms with Gasteiger partial charge < -0.3 is 19.5 Å². The van der Waals surface area contributed by atoms with E-state index in [0.717, 1.165) is 10.5 Å². The number of rotatable bonds is 10. The summed E-state index contributed by atoms with van der Waals surface area (Å²) in [4.78, 5) is 51.8. The van der Waals surface area contributed by atoms with Crippen LogP contribution in [-0.4, -0.2) is 37.5 Å². The first kappa shape index (κ1) is 28.6. The molecule has 10 nitrogen and oxygen atoms in total. The van der Waals surface area contributed by atoms with Crippen LogP contribution in [0.4, 0.5) is 16.2 Å². The lowest BCUT2D eigenvalue weighted by Gasteiger charge is -2.26. The summed E-state index contributed by atoms with van der Waals surface area (Å²) in [5.41, 5.74) is 2.08. The minimum absolute atomic E-state index is 0.238. The van der Waals surface area contributed by atoms with Crippen LogP contribution in [0.1, 0.15) is 11.1 Å². The second-order valence-electron chi connectivity index (χ2n) is 9.36. The van der Waals surface area contributed by atoms with Gasteiger partial charge >= 0.3 is 6.03 Å². The summed E-state index contributed by atoms with van der Waals surface area (Å²) in [6.45, 7) is 0.0969. The fourth-order valence-corrected chi connectivity index (χ4v) is 4.21. The maximum absolute atomic E-state index is 13.3. The van der Waals surface area contributed by atoms with Crippen molar-refractivity contribution in [1.29, 1.82) is 0 Å². The van der Waals surface area contributed by atoms with Gasteiger partial charge in [0.05, 0.1) is 12.8 Å². The lowest BCUT2D eigenvalue weighted by atomic mass is 10.1. The molecule has 4 aromatic carbocycles. The molecule has 1 aliphatic heterocycles. The van der Waals surface area contributed by atoms with Gasteiger partial charge in [0.1, 0.15) is 29.4 Å². The molecule has 0 aliphatic carbocycles. The Bertz CT molecular complexity index is 1670. The van der Waals surface area contributed by atoms with Gasteiger partial charge in [-0.15, -0.1) is 0 Å². The van der Waals surface area contributed by atoms with Crippen LogP contribution in [0.3, 0.4) is 0 Å². The van der Waals surface area contributed by atoms with Crippen molar-refractivity contribution in [3.05, 3.63) is 120 Å². The van der Waals surface area contributed by atoms with Crippen molar-refractivity contribution in [3.8, 4) is 17.2 Å². The van der Waals surface area contributed by atoms with E-state index in [1.165, 1.54) is 6.08 Å². The number of imide groups is 2. The third-order valence-corrected chi connectivity index (χ3v) is 6.36. The molecule has 1 aliphatic rings. The molecular weight excluding hydrogens is 550 g/mol. The Hall–Kier alpha value is -5.90. The second kappa shape index (κ2) is 13.2. The maximum atomic E-state index is 13.3. The molecule has 5 rings (SSSR count). The van der Waals surface area contributed by atoms with Crippen LogP contribution in [0.25, 0.3) is 6.08 Å². The quantitative estimate of drug-likeness (QED) is 0.202. The largest absolute Gasteiger partial charge is 0.497 e. The van der Waals surface area contributed by atoms with Gasteiger partial charge in [-0.1, -0.05) is 42.5 Å². The first-order valence-corrected chi connectivity index (χ1v) is 13.2. The SMILES string of the molecule is COc1ccc(NC(=O)COc2cccc(/C=C3/C(=O)NC(=O)N(c4ccc(OCc5ccccc5)cc4)C3=O)c2)cc1. The van der Waals surface area contributed by atoms with Crippen LogP contribution in [0.5, 0.6) is 17.2 Å². The Labute approximate surface area is 247 Å². The number of hydrogen-bond acceptors (Lipinski definition) is 7. The summed E-state index contributed by atoms with van der Waals surface area (Å²) in [5, 5.41) is 4.93. The number of methoxy groups -OCH3 is 1. The molecule has 1 fully saturated rings. The zero-order valence-electron chi connectivity index (χ0n) is 23.1. The van der Waals surface area contributed by atoms with E-state index >= 15 is 0 Å². The van der Waals surface area contributed by atoms with Crippen molar-refractivity contribution in [2.24, 2.45) is 0 Å². The van der Waals surface area contributed by atoms with E-state index in [1.807, 2.05) is 30.3 Å². The number of hydrogen-bond donors (Lipinski definition) is 2. The number of barbiturate groups is 1. The van der Waals surface area contributed by atoms with Crippen molar-refractivity contribution in [3.63, 3.8) is 0 Å². The highest BCUT2D eigenvalue weighted by molar-refractivity contribution is 6.39.